The van der Waals surface area contributed by atoms with Crippen LogP contribution in [0.5, 0.6) is 0 Å². The molecule has 4 aromatic rings. The van der Waals surface area contributed by atoms with Crippen LogP contribution >= 0.6 is 0 Å². The molecule has 1 saturated carbocycles. The molecule has 3 aliphatic rings. The highest BCUT2D eigenvalue weighted by Gasteiger charge is 2.43. The Morgan fingerprint density at radius 1 is 0.571 bits per heavy atom. The van der Waals surface area contributed by atoms with Crippen LogP contribution in [0.2, 0.25) is 0 Å². The molecule has 0 radical (unpaired) electrons. The van der Waals surface area contributed by atoms with Crippen molar-refractivity contribution < 1.29 is 48.3 Å². The van der Waals surface area contributed by atoms with Gasteiger partial charge in [-0.1, -0.05) is 56.2 Å². The molecular formula is C42H46N4O10-2. The Bertz CT molecular complexity index is 2140. The molecule has 7 rings (SSSR count). The summed E-state index contributed by atoms with van der Waals surface area (Å²) in [6, 6.07) is 18.3. The number of nitrogens with one attached hydrogen (secondary N) is 4. The number of rotatable bonds is 14. The molecule has 0 bridgehead atoms. The zero-order valence-corrected chi connectivity index (χ0v) is 31.8. The Hall–Kier alpha value is -5.60. The fraction of sp³-hybridized carbons (Fsp3) is 0.429. The van der Waals surface area contributed by atoms with Crippen molar-refractivity contribution in [1.82, 2.24) is 0 Å². The molecule has 1 fully saturated rings. The zero-order chi connectivity index (χ0) is 39.8. The SMILES string of the molecule is CCCCCC(=O)OCC1(COC(C)=O)Nc2cccc3c(C4C([O-])C(c5ccc6c7c(cccc57)NC(COC(C)=O)(COC(C)=O)N6)C4[O-])ccc(c23)N1. The monoisotopic (exact) mass is 766 g/mol. The van der Waals surface area contributed by atoms with E-state index in [1.807, 2.05) is 42.5 Å². The molecule has 4 N–H and O–H groups in total. The summed E-state index contributed by atoms with van der Waals surface area (Å²) in [4.78, 5) is 48.0. The highest BCUT2D eigenvalue weighted by Crippen LogP contribution is 2.52. The lowest BCUT2D eigenvalue weighted by atomic mass is 9.62. The third kappa shape index (κ3) is 7.38. The summed E-state index contributed by atoms with van der Waals surface area (Å²) >= 11 is 0. The maximum absolute atomic E-state index is 14.3. The maximum Gasteiger partial charge on any atom is 0.305 e. The van der Waals surface area contributed by atoms with Gasteiger partial charge in [-0.2, -0.15) is 0 Å². The summed E-state index contributed by atoms with van der Waals surface area (Å²) in [5.41, 5.74) is 1.66. The molecule has 3 unspecified atom stereocenters. The molecule has 0 amide bonds. The average Bonchev–Trinajstić information content (AvgIpc) is 3.17. The molecular weight excluding hydrogens is 720 g/mol. The lowest BCUT2D eigenvalue weighted by Crippen LogP contribution is -2.63. The van der Waals surface area contributed by atoms with E-state index in [4.69, 9.17) is 18.9 Å². The second-order valence-corrected chi connectivity index (χ2v) is 15.0. The molecule has 0 aromatic heterocycles. The lowest BCUT2D eigenvalue weighted by Gasteiger charge is -2.62. The van der Waals surface area contributed by atoms with Gasteiger partial charge in [0, 0.05) is 60.7 Å². The van der Waals surface area contributed by atoms with Gasteiger partial charge in [-0.15, -0.1) is 12.2 Å². The predicted octanol–water partition coefficient (Wildman–Crippen LogP) is 4.21. The van der Waals surface area contributed by atoms with E-state index in [1.165, 1.54) is 20.8 Å². The zero-order valence-electron chi connectivity index (χ0n) is 31.8. The second-order valence-electron chi connectivity index (χ2n) is 15.0. The van der Waals surface area contributed by atoms with Gasteiger partial charge in [0.05, 0.1) is 0 Å². The smallest absolute Gasteiger partial charge is 0.305 e. The Kier molecular flexibility index (Phi) is 10.7. The molecule has 2 aliphatic heterocycles. The van der Waals surface area contributed by atoms with Gasteiger partial charge in [0.15, 0.2) is 11.3 Å². The highest BCUT2D eigenvalue weighted by molar-refractivity contribution is 6.08. The molecule has 1 aliphatic carbocycles. The molecule has 0 spiro atoms. The Morgan fingerprint density at radius 3 is 1.36 bits per heavy atom. The number of carbonyl (C=O) groups is 4. The largest absolute Gasteiger partial charge is 0.851 e. The van der Waals surface area contributed by atoms with Gasteiger partial charge < -0.3 is 50.4 Å². The van der Waals surface area contributed by atoms with Gasteiger partial charge in [0.2, 0.25) is 0 Å². The van der Waals surface area contributed by atoms with Crippen molar-refractivity contribution in [3.05, 3.63) is 71.8 Å². The highest BCUT2D eigenvalue weighted by atomic mass is 16.6. The Labute approximate surface area is 324 Å². The molecule has 14 heteroatoms. The van der Waals surface area contributed by atoms with E-state index in [1.54, 1.807) is 18.2 Å². The van der Waals surface area contributed by atoms with Crippen LogP contribution in [-0.4, -0.2) is 73.8 Å². The second kappa shape index (κ2) is 15.5. The number of unbranched alkanes of at least 4 members (excludes halogenated alkanes) is 2. The van der Waals surface area contributed by atoms with Crippen LogP contribution in [0.1, 0.15) is 76.3 Å². The summed E-state index contributed by atoms with van der Waals surface area (Å²) in [5, 5.41) is 45.1. The van der Waals surface area contributed by atoms with E-state index >= 15 is 0 Å². The van der Waals surface area contributed by atoms with Gasteiger partial charge in [0.1, 0.15) is 26.4 Å². The first kappa shape index (κ1) is 38.7. The van der Waals surface area contributed by atoms with Gasteiger partial charge >= 0.3 is 23.9 Å². The van der Waals surface area contributed by atoms with E-state index in [0.29, 0.717) is 33.9 Å². The molecule has 14 nitrogen and oxygen atoms in total. The van der Waals surface area contributed by atoms with Crippen molar-refractivity contribution in [3.8, 4) is 0 Å². The summed E-state index contributed by atoms with van der Waals surface area (Å²) in [7, 11) is 0. The fourth-order valence-corrected chi connectivity index (χ4v) is 8.17. The minimum Gasteiger partial charge on any atom is -0.851 e. The number of carbonyl (C=O) groups excluding carboxylic acids is 4. The van der Waals surface area contributed by atoms with Crippen LogP contribution in [0.15, 0.2) is 60.7 Å². The summed E-state index contributed by atoms with van der Waals surface area (Å²) in [5.74, 6) is -3.49. The van der Waals surface area contributed by atoms with E-state index in [2.05, 4.69) is 28.2 Å². The van der Waals surface area contributed by atoms with E-state index in [-0.39, 0.29) is 38.8 Å². The third-order valence-corrected chi connectivity index (χ3v) is 10.8. The quantitative estimate of drug-likeness (QED) is 0.0808. The molecule has 56 heavy (non-hydrogen) atoms. The number of hydrogen-bond donors (Lipinski definition) is 4. The molecule has 2 heterocycles. The van der Waals surface area contributed by atoms with Crippen molar-refractivity contribution in [2.45, 2.75) is 88.7 Å². The van der Waals surface area contributed by atoms with Gasteiger partial charge in [-0.3, -0.25) is 19.2 Å². The Morgan fingerprint density at radius 2 is 0.964 bits per heavy atom. The van der Waals surface area contributed by atoms with Crippen molar-refractivity contribution in [1.29, 1.82) is 0 Å². The van der Waals surface area contributed by atoms with Crippen LogP contribution in [0.3, 0.4) is 0 Å². The van der Waals surface area contributed by atoms with E-state index in [9.17, 15) is 29.4 Å². The van der Waals surface area contributed by atoms with Crippen molar-refractivity contribution in [3.63, 3.8) is 0 Å². The molecule has 4 aromatic carbocycles. The van der Waals surface area contributed by atoms with Crippen LogP contribution in [0, 0.1) is 0 Å². The summed E-state index contributed by atoms with van der Waals surface area (Å²) < 4.78 is 21.8. The van der Waals surface area contributed by atoms with Crippen LogP contribution < -0.4 is 31.5 Å². The standard InChI is InChI=1S/C42H46N4O10/c1-5-6-7-14-34(50)56-22-42(21-55-25(4)49)44-31-13-9-11-27-29(16-18-33(46-42)36(27)31)38-39(51)37(40(38)52)28-15-17-32-35-26(28)10-8-12-30(35)43-41(45-32,19-53-23(2)47)20-54-24(3)48/h8-13,15-18,37-40,43-46H,5-7,14,19-22H2,1-4H3/q-2. The van der Waals surface area contributed by atoms with Crippen LogP contribution in [-0.2, 0) is 38.1 Å². The van der Waals surface area contributed by atoms with E-state index < -0.39 is 53.3 Å². The van der Waals surface area contributed by atoms with E-state index in [0.717, 1.165) is 40.8 Å². The molecule has 296 valence electrons. The van der Waals surface area contributed by atoms with Crippen molar-refractivity contribution in [2.24, 2.45) is 0 Å². The maximum atomic E-state index is 14.3. The Balaban J connectivity index is 1.15. The minimum atomic E-state index is -1.25. The summed E-state index contributed by atoms with van der Waals surface area (Å²) in [6.07, 6.45) is 0.397. The number of benzene rings is 4. The van der Waals surface area contributed by atoms with Gasteiger partial charge in [-0.25, -0.2) is 0 Å². The number of ether oxygens (including phenoxy) is 4. The van der Waals surface area contributed by atoms with Crippen LogP contribution in [0.4, 0.5) is 22.7 Å². The number of hydrogen-bond acceptors (Lipinski definition) is 14. The van der Waals surface area contributed by atoms with Gasteiger partial charge in [0.25, 0.3) is 0 Å². The normalized spacial score (nSPS) is 22.7. The topological polar surface area (TPSA) is 199 Å². The first-order valence-electron chi connectivity index (χ1n) is 19.0. The molecule has 0 saturated heterocycles. The fourth-order valence-electron chi connectivity index (χ4n) is 8.17. The lowest BCUT2D eigenvalue weighted by molar-refractivity contribution is -0.535. The predicted molar refractivity (Wildman–Crippen MR) is 206 cm³/mol. The third-order valence-electron chi connectivity index (χ3n) is 10.8. The first-order chi connectivity index (χ1) is 26.8. The van der Waals surface area contributed by atoms with Crippen LogP contribution in [0.25, 0.3) is 21.5 Å². The number of esters is 4. The minimum absolute atomic E-state index is 0.114. The first-order valence-corrected chi connectivity index (χ1v) is 19.0. The van der Waals surface area contributed by atoms with Crippen molar-refractivity contribution in [2.75, 3.05) is 47.7 Å². The molecule has 3 atom stereocenters. The average molecular weight is 767 g/mol. The number of anilines is 4. The van der Waals surface area contributed by atoms with Gasteiger partial charge in [-0.05, 0) is 64.4 Å². The summed E-state index contributed by atoms with van der Waals surface area (Å²) in [6.45, 7) is 5.44. The van der Waals surface area contributed by atoms with Crippen molar-refractivity contribution >= 4 is 68.2 Å².